The lowest BCUT2D eigenvalue weighted by molar-refractivity contribution is -0.117. The molecule has 3 rings (SSSR count). The number of likely N-dealkylation sites (N-methyl/N-ethyl adjacent to an activating group) is 1. The summed E-state index contributed by atoms with van der Waals surface area (Å²) in [7, 11) is 1.87. The second kappa shape index (κ2) is 8.25. The summed E-state index contributed by atoms with van der Waals surface area (Å²) in [5, 5.41) is 8.98. The van der Waals surface area contributed by atoms with Crippen molar-refractivity contribution in [2.75, 3.05) is 18.9 Å². The summed E-state index contributed by atoms with van der Waals surface area (Å²) < 4.78 is 5.38. The molecule has 26 heavy (non-hydrogen) atoms. The second-order valence-electron chi connectivity index (χ2n) is 6.08. The Balaban J connectivity index is 1.62. The van der Waals surface area contributed by atoms with Gasteiger partial charge in [0.15, 0.2) is 0 Å². The van der Waals surface area contributed by atoms with Crippen molar-refractivity contribution in [3.05, 3.63) is 53.2 Å². The number of hydrogen-bond acceptors (Lipinski definition) is 6. The molecule has 0 saturated heterocycles. The van der Waals surface area contributed by atoms with Crippen LogP contribution in [0.5, 0.6) is 0 Å². The van der Waals surface area contributed by atoms with E-state index in [9.17, 15) is 4.79 Å². The molecule has 1 amide bonds. The van der Waals surface area contributed by atoms with E-state index in [0.29, 0.717) is 11.7 Å². The number of rotatable bonds is 7. The standard InChI is InChI=1S/C19H22N4O2S/c1-4-14-8-5-6-9-15(14)20-17(24)12-23(3)13(2)19-21-18(22-25-19)16-10-7-11-26-16/h5-11,13H,4,12H2,1-3H3,(H,20,24). The van der Waals surface area contributed by atoms with Crippen LogP contribution in [0.1, 0.15) is 31.3 Å². The third-order valence-corrected chi connectivity index (χ3v) is 5.13. The maximum atomic E-state index is 12.4. The molecule has 136 valence electrons. The van der Waals surface area contributed by atoms with Crippen molar-refractivity contribution in [1.29, 1.82) is 0 Å². The van der Waals surface area contributed by atoms with Crippen LogP contribution in [0.25, 0.3) is 10.7 Å². The van der Waals surface area contributed by atoms with Gasteiger partial charge in [0.25, 0.3) is 0 Å². The molecule has 2 heterocycles. The summed E-state index contributed by atoms with van der Waals surface area (Å²) >= 11 is 1.56. The fourth-order valence-corrected chi connectivity index (χ4v) is 3.25. The molecule has 1 atom stereocenters. The molecule has 0 aliphatic rings. The predicted molar refractivity (Wildman–Crippen MR) is 103 cm³/mol. The van der Waals surface area contributed by atoms with Crippen molar-refractivity contribution in [3.63, 3.8) is 0 Å². The molecule has 7 heteroatoms. The molecule has 0 fully saturated rings. The summed E-state index contributed by atoms with van der Waals surface area (Å²) in [5.74, 6) is 1.01. The number of carbonyl (C=O) groups excluding carboxylic acids is 1. The summed E-state index contributed by atoms with van der Waals surface area (Å²) in [6.45, 7) is 4.24. The van der Waals surface area contributed by atoms with Crippen LogP contribution in [-0.2, 0) is 11.2 Å². The summed E-state index contributed by atoms with van der Waals surface area (Å²) in [5.41, 5.74) is 1.98. The number of nitrogens with zero attached hydrogens (tertiary/aromatic N) is 3. The Kier molecular flexibility index (Phi) is 5.80. The number of thiophene rings is 1. The normalized spacial score (nSPS) is 12.3. The van der Waals surface area contributed by atoms with E-state index in [0.717, 1.165) is 22.5 Å². The van der Waals surface area contributed by atoms with Gasteiger partial charge in [-0.05, 0) is 43.5 Å². The number of aryl methyl sites for hydroxylation is 1. The fraction of sp³-hybridized carbons (Fsp3) is 0.316. The number of para-hydroxylation sites is 1. The van der Waals surface area contributed by atoms with E-state index in [1.54, 1.807) is 11.3 Å². The zero-order valence-corrected chi connectivity index (χ0v) is 15.9. The molecule has 2 aromatic heterocycles. The van der Waals surface area contributed by atoms with E-state index in [4.69, 9.17) is 4.52 Å². The lowest BCUT2D eigenvalue weighted by Gasteiger charge is -2.21. The van der Waals surface area contributed by atoms with Crippen molar-refractivity contribution in [1.82, 2.24) is 15.0 Å². The van der Waals surface area contributed by atoms with Gasteiger partial charge in [-0.3, -0.25) is 9.69 Å². The highest BCUT2D eigenvalue weighted by Gasteiger charge is 2.21. The molecule has 0 spiro atoms. The Morgan fingerprint density at radius 2 is 2.12 bits per heavy atom. The average molecular weight is 370 g/mol. The zero-order valence-electron chi connectivity index (χ0n) is 15.1. The minimum atomic E-state index is -0.164. The van der Waals surface area contributed by atoms with Crippen molar-refractivity contribution >= 4 is 22.9 Å². The molecule has 6 nitrogen and oxygen atoms in total. The van der Waals surface area contributed by atoms with Gasteiger partial charge in [-0.1, -0.05) is 36.3 Å². The summed E-state index contributed by atoms with van der Waals surface area (Å²) in [4.78, 5) is 19.7. The number of carbonyl (C=O) groups is 1. The monoisotopic (exact) mass is 370 g/mol. The van der Waals surface area contributed by atoms with Crippen molar-refractivity contribution in [2.24, 2.45) is 0 Å². The fourth-order valence-electron chi connectivity index (χ4n) is 2.60. The summed E-state index contributed by atoms with van der Waals surface area (Å²) in [6, 6.07) is 11.6. The first-order chi connectivity index (χ1) is 12.6. The van der Waals surface area contributed by atoms with E-state index >= 15 is 0 Å². The van der Waals surface area contributed by atoms with Crippen LogP contribution in [0.3, 0.4) is 0 Å². The summed E-state index contributed by atoms with van der Waals surface area (Å²) in [6.07, 6.45) is 0.871. The van der Waals surface area contributed by atoms with Gasteiger partial charge >= 0.3 is 0 Å². The van der Waals surface area contributed by atoms with E-state index in [2.05, 4.69) is 22.4 Å². The number of amides is 1. The van der Waals surface area contributed by atoms with Crippen LogP contribution in [-0.4, -0.2) is 34.5 Å². The lowest BCUT2D eigenvalue weighted by Crippen LogP contribution is -2.32. The van der Waals surface area contributed by atoms with E-state index in [1.807, 2.05) is 60.6 Å². The van der Waals surface area contributed by atoms with Crippen LogP contribution in [0.15, 0.2) is 46.3 Å². The zero-order chi connectivity index (χ0) is 18.5. The van der Waals surface area contributed by atoms with Gasteiger partial charge in [0.1, 0.15) is 0 Å². The van der Waals surface area contributed by atoms with Crippen LogP contribution in [0.2, 0.25) is 0 Å². The van der Waals surface area contributed by atoms with Gasteiger partial charge in [0.05, 0.1) is 17.5 Å². The highest BCUT2D eigenvalue weighted by Crippen LogP contribution is 2.24. The predicted octanol–water partition coefficient (Wildman–Crippen LogP) is 3.99. The quantitative estimate of drug-likeness (QED) is 0.681. The highest BCUT2D eigenvalue weighted by molar-refractivity contribution is 7.13. The number of nitrogens with one attached hydrogen (secondary N) is 1. The van der Waals surface area contributed by atoms with Gasteiger partial charge < -0.3 is 9.84 Å². The molecule has 0 saturated carbocycles. The average Bonchev–Trinajstić information content (AvgIpc) is 3.32. The molecule has 1 N–H and O–H groups in total. The molecular formula is C19H22N4O2S. The van der Waals surface area contributed by atoms with E-state index in [-0.39, 0.29) is 18.5 Å². The van der Waals surface area contributed by atoms with Crippen LogP contribution in [0, 0.1) is 0 Å². The van der Waals surface area contributed by atoms with Gasteiger partial charge in [-0.25, -0.2) is 0 Å². The Bertz CT molecular complexity index is 860. The first-order valence-corrected chi connectivity index (χ1v) is 9.42. The molecule has 0 aliphatic carbocycles. The topological polar surface area (TPSA) is 71.3 Å². The van der Waals surface area contributed by atoms with Crippen LogP contribution in [0.4, 0.5) is 5.69 Å². The number of benzene rings is 1. The van der Waals surface area contributed by atoms with Crippen LogP contribution < -0.4 is 5.32 Å². The lowest BCUT2D eigenvalue weighted by atomic mass is 10.1. The van der Waals surface area contributed by atoms with Crippen molar-refractivity contribution < 1.29 is 9.32 Å². The maximum Gasteiger partial charge on any atom is 0.244 e. The first kappa shape index (κ1) is 18.3. The van der Waals surface area contributed by atoms with Gasteiger partial charge in [-0.2, -0.15) is 4.98 Å². The van der Waals surface area contributed by atoms with Crippen LogP contribution >= 0.6 is 11.3 Å². The minimum absolute atomic E-state index is 0.0711. The Hall–Kier alpha value is -2.51. The molecule has 0 bridgehead atoms. The minimum Gasteiger partial charge on any atom is -0.337 e. The third kappa shape index (κ3) is 4.17. The van der Waals surface area contributed by atoms with Gasteiger partial charge in [0, 0.05) is 5.69 Å². The Morgan fingerprint density at radius 1 is 1.31 bits per heavy atom. The largest absolute Gasteiger partial charge is 0.337 e. The van der Waals surface area contributed by atoms with E-state index < -0.39 is 0 Å². The van der Waals surface area contributed by atoms with E-state index in [1.165, 1.54) is 0 Å². The maximum absolute atomic E-state index is 12.4. The molecule has 0 aliphatic heterocycles. The van der Waals surface area contributed by atoms with Gasteiger partial charge in [-0.15, -0.1) is 11.3 Å². The van der Waals surface area contributed by atoms with Crippen molar-refractivity contribution in [2.45, 2.75) is 26.3 Å². The number of anilines is 1. The smallest absolute Gasteiger partial charge is 0.244 e. The highest BCUT2D eigenvalue weighted by atomic mass is 32.1. The first-order valence-electron chi connectivity index (χ1n) is 8.54. The SMILES string of the molecule is CCc1ccccc1NC(=O)CN(C)C(C)c1nc(-c2cccs2)no1. The molecule has 1 aromatic carbocycles. The van der Waals surface area contributed by atoms with Gasteiger partial charge in [0.2, 0.25) is 17.6 Å². The number of aromatic nitrogens is 2. The molecule has 0 radical (unpaired) electrons. The second-order valence-corrected chi connectivity index (χ2v) is 7.03. The molecule has 3 aromatic rings. The molecular weight excluding hydrogens is 348 g/mol. The molecule has 1 unspecified atom stereocenters. The number of hydrogen-bond donors (Lipinski definition) is 1. The Labute approximate surface area is 156 Å². The Morgan fingerprint density at radius 3 is 2.85 bits per heavy atom. The van der Waals surface area contributed by atoms with Crippen molar-refractivity contribution in [3.8, 4) is 10.7 Å². The third-order valence-electron chi connectivity index (χ3n) is 4.27.